The summed E-state index contributed by atoms with van der Waals surface area (Å²) < 4.78 is 5.64. The Balaban J connectivity index is 1.90. The Morgan fingerprint density at radius 2 is 2.00 bits per heavy atom. The van der Waals surface area contributed by atoms with Crippen LogP contribution in [0.25, 0.3) is 11.5 Å². The maximum Gasteiger partial charge on any atom is 0.270 e. The number of H-pyrrole nitrogens is 1. The topological polar surface area (TPSA) is 99.9 Å². The maximum absolute atomic E-state index is 12.7. The van der Waals surface area contributed by atoms with Crippen molar-refractivity contribution in [2.24, 2.45) is 0 Å². The van der Waals surface area contributed by atoms with Gasteiger partial charge in [-0.15, -0.1) is 0 Å². The van der Waals surface area contributed by atoms with Crippen molar-refractivity contribution in [3.05, 3.63) is 47.1 Å². The molecule has 0 saturated heterocycles. The summed E-state index contributed by atoms with van der Waals surface area (Å²) >= 11 is 0. The summed E-state index contributed by atoms with van der Waals surface area (Å²) in [4.78, 5) is 23.3. The van der Waals surface area contributed by atoms with Gasteiger partial charge in [0.05, 0.1) is 11.7 Å². The van der Waals surface area contributed by atoms with E-state index < -0.39 is 0 Å². The second-order valence-corrected chi connectivity index (χ2v) is 6.41. The predicted octanol–water partition coefficient (Wildman–Crippen LogP) is 2.63. The summed E-state index contributed by atoms with van der Waals surface area (Å²) in [5.74, 6) is 1.51. The zero-order valence-electron chi connectivity index (χ0n) is 15.5. The fourth-order valence-corrected chi connectivity index (χ4v) is 2.45. The number of aryl methyl sites for hydroxylation is 2. The minimum atomic E-state index is -0.298. The summed E-state index contributed by atoms with van der Waals surface area (Å²) in [6, 6.07) is 6.96. The number of nitrogens with one attached hydrogen (secondary N) is 2. The number of aromatic nitrogens is 4. The van der Waals surface area contributed by atoms with E-state index in [9.17, 15) is 4.79 Å². The van der Waals surface area contributed by atoms with Crippen LogP contribution in [0.3, 0.4) is 0 Å². The maximum atomic E-state index is 12.7. The molecule has 0 aliphatic carbocycles. The first-order valence-corrected chi connectivity index (χ1v) is 8.29. The van der Waals surface area contributed by atoms with Gasteiger partial charge in [0, 0.05) is 19.8 Å². The Kier molecular flexibility index (Phi) is 4.75. The Bertz CT molecular complexity index is 927. The monoisotopic (exact) mass is 354 g/mol. The van der Waals surface area contributed by atoms with Gasteiger partial charge in [-0.05, 0) is 45.0 Å². The van der Waals surface area contributed by atoms with Gasteiger partial charge >= 0.3 is 0 Å². The van der Waals surface area contributed by atoms with Crippen LogP contribution in [0, 0.1) is 13.8 Å². The molecule has 2 N–H and O–H groups in total. The zero-order valence-corrected chi connectivity index (χ0v) is 15.5. The fourth-order valence-electron chi connectivity index (χ4n) is 2.45. The molecule has 3 rings (SSSR count). The van der Waals surface area contributed by atoms with Crippen molar-refractivity contribution in [1.82, 2.24) is 25.5 Å². The van der Waals surface area contributed by atoms with Crippen LogP contribution in [-0.2, 0) is 0 Å². The molecule has 0 bridgehead atoms. The molecule has 0 aromatic carbocycles. The first-order valence-electron chi connectivity index (χ1n) is 8.29. The number of hydrogen-bond donors (Lipinski definition) is 2. The van der Waals surface area contributed by atoms with Crippen LogP contribution in [0.1, 0.15) is 40.6 Å². The zero-order chi connectivity index (χ0) is 18.8. The summed E-state index contributed by atoms with van der Waals surface area (Å²) in [6.07, 6.45) is 0. The van der Waals surface area contributed by atoms with Crippen LogP contribution < -0.4 is 10.2 Å². The van der Waals surface area contributed by atoms with E-state index in [0.29, 0.717) is 17.4 Å². The molecule has 136 valence electrons. The highest BCUT2D eigenvalue weighted by molar-refractivity contribution is 5.93. The molecular formula is C18H22N6O2. The first kappa shape index (κ1) is 17.7. The highest BCUT2D eigenvalue weighted by Gasteiger charge is 2.18. The Morgan fingerprint density at radius 1 is 1.23 bits per heavy atom. The lowest BCUT2D eigenvalue weighted by molar-refractivity contribution is 0.0934. The highest BCUT2D eigenvalue weighted by atomic mass is 16.3. The molecule has 1 atom stereocenters. The van der Waals surface area contributed by atoms with Gasteiger partial charge in [0.2, 0.25) is 5.95 Å². The van der Waals surface area contributed by atoms with Crippen molar-refractivity contribution in [1.29, 1.82) is 0 Å². The van der Waals surface area contributed by atoms with Crippen molar-refractivity contribution in [2.45, 2.75) is 26.8 Å². The van der Waals surface area contributed by atoms with Gasteiger partial charge in [0.15, 0.2) is 5.76 Å². The lowest BCUT2D eigenvalue weighted by atomic mass is 10.2. The predicted molar refractivity (Wildman–Crippen MR) is 98.0 cm³/mol. The number of carbonyl (C=O) groups excluding carboxylic acids is 1. The smallest absolute Gasteiger partial charge is 0.270 e. The molecule has 1 unspecified atom stereocenters. The number of anilines is 1. The summed E-state index contributed by atoms with van der Waals surface area (Å²) in [5.41, 5.74) is 2.53. The van der Waals surface area contributed by atoms with Crippen LogP contribution in [0.5, 0.6) is 0 Å². The van der Waals surface area contributed by atoms with Crippen LogP contribution >= 0.6 is 0 Å². The molecule has 0 aliphatic rings. The quantitative estimate of drug-likeness (QED) is 0.731. The number of rotatable bonds is 5. The molecule has 8 heteroatoms. The van der Waals surface area contributed by atoms with Crippen LogP contribution in [-0.4, -0.2) is 40.2 Å². The third-order valence-electron chi connectivity index (χ3n) is 3.86. The first-order chi connectivity index (χ1) is 12.3. The largest absolute Gasteiger partial charge is 0.460 e. The van der Waals surface area contributed by atoms with Gasteiger partial charge in [-0.3, -0.25) is 9.89 Å². The molecule has 26 heavy (non-hydrogen) atoms. The lowest BCUT2D eigenvalue weighted by Crippen LogP contribution is -2.28. The second-order valence-electron chi connectivity index (χ2n) is 6.41. The minimum Gasteiger partial charge on any atom is -0.460 e. The number of amides is 1. The molecule has 0 aliphatic heterocycles. The second kappa shape index (κ2) is 6.99. The molecule has 0 fully saturated rings. The SMILES string of the molecule is Cc1cc(C(C)NC(=O)c2cc(-c3ccc(C)o3)nc(N(C)C)n2)n[nH]1. The fraction of sp³-hybridized carbons (Fsp3) is 0.333. The molecule has 3 aromatic heterocycles. The highest BCUT2D eigenvalue weighted by Crippen LogP contribution is 2.23. The van der Waals surface area contributed by atoms with Crippen molar-refractivity contribution in [3.63, 3.8) is 0 Å². The van der Waals surface area contributed by atoms with Crippen LogP contribution in [0.15, 0.2) is 28.7 Å². The summed E-state index contributed by atoms with van der Waals surface area (Å²) in [5, 5.41) is 9.97. The Labute approximate surface area is 151 Å². The molecule has 8 nitrogen and oxygen atoms in total. The molecule has 0 saturated carbocycles. The summed E-state index contributed by atoms with van der Waals surface area (Å²) in [7, 11) is 3.65. The number of aromatic amines is 1. The van der Waals surface area contributed by atoms with Crippen LogP contribution in [0.2, 0.25) is 0 Å². The Hall–Kier alpha value is -3.16. The van der Waals surface area contributed by atoms with Gasteiger partial charge in [-0.2, -0.15) is 5.10 Å². The van der Waals surface area contributed by atoms with E-state index in [1.54, 1.807) is 11.0 Å². The van der Waals surface area contributed by atoms with E-state index >= 15 is 0 Å². The number of hydrogen-bond acceptors (Lipinski definition) is 6. The van der Waals surface area contributed by atoms with Crippen molar-refractivity contribution >= 4 is 11.9 Å². The van der Waals surface area contributed by atoms with Gasteiger partial charge in [0.25, 0.3) is 5.91 Å². The lowest BCUT2D eigenvalue weighted by Gasteiger charge is -2.14. The molecular weight excluding hydrogens is 332 g/mol. The third-order valence-corrected chi connectivity index (χ3v) is 3.86. The molecule has 3 heterocycles. The Morgan fingerprint density at radius 3 is 2.58 bits per heavy atom. The van der Waals surface area contributed by atoms with Gasteiger partial charge in [0.1, 0.15) is 17.1 Å². The third kappa shape index (κ3) is 3.74. The number of furan rings is 1. The van der Waals surface area contributed by atoms with E-state index in [-0.39, 0.29) is 17.6 Å². The van der Waals surface area contributed by atoms with Crippen molar-refractivity contribution in [2.75, 3.05) is 19.0 Å². The van der Waals surface area contributed by atoms with E-state index in [1.165, 1.54) is 0 Å². The normalized spacial score (nSPS) is 12.0. The van der Waals surface area contributed by atoms with E-state index in [2.05, 4.69) is 25.5 Å². The van der Waals surface area contributed by atoms with Crippen molar-refractivity contribution in [3.8, 4) is 11.5 Å². The van der Waals surface area contributed by atoms with Crippen LogP contribution in [0.4, 0.5) is 5.95 Å². The minimum absolute atomic E-state index is 0.250. The van der Waals surface area contributed by atoms with Gasteiger partial charge in [-0.25, -0.2) is 9.97 Å². The average molecular weight is 354 g/mol. The standard InChI is InChI=1S/C18H22N6O2/c1-10-8-13(23-22-10)12(3)19-17(25)15-9-14(16-7-6-11(2)26-16)20-18(21-15)24(4)5/h6-9,12H,1-5H3,(H,19,25)(H,22,23). The van der Waals surface area contributed by atoms with E-state index in [1.807, 2.05) is 53.1 Å². The molecule has 0 radical (unpaired) electrons. The average Bonchev–Trinajstić information content (AvgIpc) is 3.23. The number of carbonyl (C=O) groups is 1. The molecule has 3 aromatic rings. The van der Waals surface area contributed by atoms with Crippen molar-refractivity contribution < 1.29 is 9.21 Å². The van der Waals surface area contributed by atoms with Gasteiger partial charge < -0.3 is 14.6 Å². The molecule has 1 amide bonds. The van der Waals surface area contributed by atoms with E-state index in [0.717, 1.165) is 17.1 Å². The molecule has 0 spiro atoms. The summed E-state index contributed by atoms with van der Waals surface area (Å²) in [6.45, 7) is 5.65. The number of nitrogens with zero attached hydrogens (tertiary/aromatic N) is 4. The van der Waals surface area contributed by atoms with Gasteiger partial charge in [-0.1, -0.05) is 0 Å². The van der Waals surface area contributed by atoms with E-state index in [4.69, 9.17) is 4.42 Å².